The minimum atomic E-state index is -0.462. The molecule has 0 spiro atoms. The van der Waals surface area contributed by atoms with Crippen LogP contribution in [-0.2, 0) is 14.4 Å². The number of hydrogen-bond donors (Lipinski definition) is 1. The number of nitrogens with zero attached hydrogens (tertiary/aromatic N) is 1. The van der Waals surface area contributed by atoms with Crippen LogP contribution in [0.3, 0.4) is 0 Å². The lowest BCUT2D eigenvalue weighted by Crippen LogP contribution is -2.44. The summed E-state index contributed by atoms with van der Waals surface area (Å²) in [7, 11) is 0. The van der Waals surface area contributed by atoms with Gasteiger partial charge in [-0.05, 0) is 85.8 Å². The predicted molar refractivity (Wildman–Crippen MR) is 177 cm³/mol. The van der Waals surface area contributed by atoms with Crippen LogP contribution in [0.2, 0.25) is 0 Å². The molecule has 2 aromatic rings. The Balaban J connectivity index is 1.53. The molecule has 0 atom stereocenters. The molecule has 7 nitrogen and oxygen atoms in total. The number of nitrogens with one attached hydrogen (secondary N) is 1. The van der Waals surface area contributed by atoms with Crippen LogP contribution in [0.25, 0.3) is 0 Å². The summed E-state index contributed by atoms with van der Waals surface area (Å²) < 4.78 is 12.0. The summed E-state index contributed by atoms with van der Waals surface area (Å²) >= 11 is 0. The fraction of sp³-hybridized carbons (Fsp3) is 0.500. The molecule has 45 heavy (non-hydrogen) atoms. The molecule has 1 N–H and O–H groups in total. The van der Waals surface area contributed by atoms with E-state index in [1.165, 1.54) is 0 Å². The molecule has 7 heteroatoms. The molecule has 0 radical (unpaired) electrons. The highest BCUT2D eigenvalue weighted by atomic mass is 16.5. The lowest BCUT2D eigenvalue weighted by atomic mass is 9.63. The summed E-state index contributed by atoms with van der Waals surface area (Å²) in [5.41, 5.74) is 6.93. The molecule has 1 amide bonds. The molecule has 0 unspecified atom stereocenters. The van der Waals surface area contributed by atoms with E-state index in [9.17, 15) is 14.4 Å². The quantitative estimate of drug-likeness (QED) is 0.311. The van der Waals surface area contributed by atoms with Crippen molar-refractivity contribution >= 4 is 23.2 Å². The van der Waals surface area contributed by atoms with Gasteiger partial charge in [-0.1, -0.05) is 52.8 Å². The first-order valence-corrected chi connectivity index (χ1v) is 16.3. The number of anilines is 1. The van der Waals surface area contributed by atoms with Crippen molar-refractivity contribution in [3.8, 4) is 11.5 Å². The van der Waals surface area contributed by atoms with E-state index in [4.69, 9.17) is 9.47 Å². The number of hydrogen-bond acceptors (Lipinski definition) is 6. The van der Waals surface area contributed by atoms with Crippen molar-refractivity contribution in [3.05, 3.63) is 75.6 Å². The largest absolute Gasteiger partial charge is 0.490 e. The summed E-state index contributed by atoms with van der Waals surface area (Å²) in [6.07, 6.45) is 3.37. The van der Waals surface area contributed by atoms with Gasteiger partial charge in [0.05, 0.1) is 6.61 Å². The van der Waals surface area contributed by atoms with Gasteiger partial charge in [-0.25, -0.2) is 0 Å². The van der Waals surface area contributed by atoms with Gasteiger partial charge in [0.15, 0.2) is 29.7 Å². The number of benzene rings is 2. The number of allylic oxidation sites excluding steroid dienone is 4. The topological polar surface area (TPSA) is 84.9 Å². The van der Waals surface area contributed by atoms with Crippen LogP contribution < -0.4 is 14.8 Å². The maximum Gasteiger partial charge on any atom is 0.262 e. The number of Topliss-reactive ketones (excluding diaryl/α,β-unsaturated/α-hetero) is 2. The van der Waals surface area contributed by atoms with E-state index < -0.39 is 5.92 Å². The fourth-order valence-electron chi connectivity index (χ4n) is 7.17. The predicted octanol–water partition coefficient (Wildman–Crippen LogP) is 7.82. The molecular weight excluding hydrogens is 564 g/mol. The molecule has 240 valence electrons. The van der Waals surface area contributed by atoms with Crippen LogP contribution >= 0.6 is 0 Å². The average molecular weight is 613 g/mol. The van der Waals surface area contributed by atoms with E-state index >= 15 is 0 Å². The minimum Gasteiger partial charge on any atom is -0.490 e. The van der Waals surface area contributed by atoms with Gasteiger partial charge in [-0.3, -0.25) is 14.4 Å². The van der Waals surface area contributed by atoms with Crippen molar-refractivity contribution in [1.82, 2.24) is 4.90 Å². The van der Waals surface area contributed by atoms with Crippen LogP contribution in [0.4, 0.5) is 5.69 Å². The first kappa shape index (κ1) is 32.5. The highest BCUT2D eigenvalue weighted by Crippen LogP contribution is 2.55. The second-order valence-corrected chi connectivity index (χ2v) is 14.5. The van der Waals surface area contributed by atoms with Gasteiger partial charge < -0.3 is 19.7 Å². The highest BCUT2D eigenvalue weighted by Gasteiger charge is 2.48. The van der Waals surface area contributed by atoms with E-state index in [1.807, 2.05) is 51.1 Å². The zero-order valence-corrected chi connectivity index (χ0v) is 28.2. The molecule has 0 bridgehead atoms. The van der Waals surface area contributed by atoms with E-state index in [0.717, 1.165) is 70.7 Å². The molecule has 1 aliphatic heterocycles. The third-order valence-corrected chi connectivity index (χ3v) is 9.10. The maximum absolute atomic E-state index is 14.0. The number of carbonyl (C=O) groups is 3. The number of ether oxygens (including phenoxy) is 2. The Labute approximate surface area is 268 Å². The van der Waals surface area contributed by atoms with Crippen molar-refractivity contribution in [3.63, 3.8) is 0 Å². The number of rotatable bonds is 9. The third kappa shape index (κ3) is 6.73. The normalized spacial score (nSPS) is 19.3. The monoisotopic (exact) mass is 612 g/mol. The first-order valence-electron chi connectivity index (χ1n) is 16.3. The van der Waals surface area contributed by atoms with E-state index in [-0.39, 0.29) is 34.9 Å². The van der Waals surface area contributed by atoms with Gasteiger partial charge in [0.1, 0.15) is 0 Å². The molecule has 0 aromatic heterocycles. The SMILES string of the molecule is CCCN1C2=C(C(=O)CC(C)(C)C2)C(c2ccc(OCC(=O)Nc3cc(C)ccc3C)c(OCC)c2)C2=C1CC(C)(C)CC2=O. The molecule has 2 aromatic carbocycles. The molecule has 0 saturated carbocycles. The zero-order valence-electron chi connectivity index (χ0n) is 28.2. The lowest BCUT2D eigenvalue weighted by molar-refractivity contribution is -0.120. The minimum absolute atomic E-state index is 0.109. The van der Waals surface area contributed by atoms with Crippen molar-refractivity contribution < 1.29 is 23.9 Å². The zero-order chi connectivity index (χ0) is 32.7. The van der Waals surface area contributed by atoms with Crippen molar-refractivity contribution in [2.24, 2.45) is 10.8 Å². The van der Waals surface area contributed by atoms with E-state index in [1.54, 1.807) is 6.07 Å². The van der Waals surface area contributed by atoms with Crippen molar-refractivity contribution in [1.29, 1.82) is 0 Å². The molecule has 1 heterocycles. The van der Waals surface area contributed by atoms with Crippen LogP contribution in [0.5, 0.6) is 11.5 Å². The average Bonchev–Trinajstić information content (AvgIpc) is 2.94. The van der Waals surface area contributed by atoms with Crippen LogP contribution in [-0.4, -0.2) is 42.1 Å². The summed E-state index contributed by atoms with van der Waals surface area (Å²) in [5, 5.41) is 2.94. The van der Waals surface area contributed by atoms with Gasteiger partial charge in [0.2, 0.25) is 0 Å². The summed E-state index contributed by atoms with van der Waals surface area (Å²) in [4.78, 5) is 43.2. The second-order valence-electron chi connectivity index (χ2n) is 14.5. The van der Waals surface area contributed by atoms with Crippen LogP contribution in [0.1, 0.15) is 96.3 Å². The molecule has 0 fully saturated rings. The van der Waals surface area contributed by atoms with Gasteiger partial charge in [0.25, 0.3) is 5.91 Å². The first-order chi connectivity index (χ1) is 21.2. The number of aryl methyl sites for hydroxylation is 2. The Hall–Kier alpha value is -3.87. The van der Waals surface area contributed by atoms with E-state index in [2.05, 4.69) is 44.8 Å². The molecule has 5 rings (SSSR count). The molecule has 2 aliphatic carbocycles. The Morgan fingerprint density at radius 2 is 1.47 bits per heavy atom. The summed E-state index contributed by atoms with van der Waals surface area (Å²) in [6.45, 7) is 17.6. The van der Waals surface area contributed by atoms with E-state index in [0.29, 0.717) is 30.9 Å². The van der Waals surface area contributed by atoms with Gasteiger partial charge >= 0.3 is 0 Å². The van der Waals surface area contributed by atoms with Crippen molar-refractivity contribution in [2.45, 2.75) is 93.4 Å². The maximum atomic E-state index is 14.0. The highest BCUT2D eigenvalue weighted by molar-refractivity contribution is 6.07. The number of amides is 1. The Kier molecular flexibility index (Phi) is 9.03. The summed E-state index contributed by atoms with van der Waals surface area (Å²) in [6, 6.07) is 11.5. The van der Waals surface area contributed by atoms with Crippen LogP contribution in [0.15, 0.2) is 58.9 Å². The second kappa shape index (κ2) is 12.5. The molecule has 0 saturated heterocycles. The smallest absolute Gasteiger partial charge is 0.262 e. The Bertz CT molecular complexity index is 1540. The Morgan fingerprint density at radius 1 is 0.844 bits per heavy atom. The molecular formula is C38H48N2O5. The summed E-state index contributed by atoms with van der Waals surface area (Å²) in [5.74, 6) is 0.415. The number of carbonyl (C=O) groups excluding carboxylic acids is 3. The number of ketones is 2. The van der Waals surface area contributed by atoms with Gasteiger partial charge in [-0.2, -0.15) is 0 Å². The Morgan fingerprint density at radius 3 is 2.04 bits per heavy atom. The fourth-order valence-corrected chi connectivity index (χ4v) is 7.17. The third-order valence-electron chi connectivity index (χ3n) is 9.10. The van der Waals surface area contributed by atoms with Gasteiger partial charge in [0, 0.05) is 53.5 Å². The van der Waals surface area contributed by atoms with Crippen LogP contribution in [0, 0.1) is 24.7 Å². The van der Waals surface area contributed by atoms with Gasteiger partial charge in [-0.15, -0.1) is 0 Å². The van der Waals surface area contributed by atoms with Crippen molar-refractivity contribution in [2.75, 3.05) is 25.1 Å². The lowest BCUT2D eigenvalue weighted by Gasteiger charge is -2.49. The molecule has 3 aliphatic rings. The standard InChI is InChI=1S/C38H48N2O5/c1-9-15-40-27-18-37(5,6)20-29(41)35(27)34(36-28(40)19-38(7,8)21-30(36)42)25-13-14-31(32(17-25)44-10-2)45-22-33(43)39-26-16-23(3)11-12-24(26)4/h11-14,16-17,34H,9-10,15,18-22H2,1-8H3,(H,39,43).